The van der Waals surface area contributed by atoms with Gasteiger partial charge < -0.3 is 0 Å². The van der Waals surface area contributed by atoms with Gasteiger partial charge in [-0.1, -0.05) is 53.9 Å². The van der Waals surface area contributed by atoms with E-state index in [-0.39, 0.29) is 5.41 Å². The van der Waals surface area contributed by atoms with E-state index in [0.29, 0.717) is 34.3 Å². The molecule has 2 aliphatic rings. The third-order valence-electron chi connectivity index (χ3n) is 6.60. The van der Waals surface area contributed by atoms with Crippen molar-refractivity contribution < 1.29 is 9.18 Å². The van der Waals surface area contributed by atoms with E-state index < -0.39 is 5.82 Å². The van der Waals surface area contributed by atoms with E-state index in [1.165, 1.54) is 38.2 Å². The monoisotopic (exact) mass is 460 g/mol. The van der Waals surface area contributed by atoms with Crippen LogP contribution in [0, 0.1) is 41.3 Å². The van der Waals surface area contributed by atoms with Gasteiger partial charge in [0.15, 0.2) is 0 Å². The molecule has 0 aromatic heterocycles. The maximum Gasteiger partial charge on any atom is 0.150 e. The van der Waals surface area contributed by atoms with Crippen molar-refractivity contribution in [3.05, 3.63) is 23.0 Å². The van der Waals surface area contributed by atoms with Crippen LogP contribution in [0.3, 0.4) is 0 Å². The number of nitrogens with zero attached hydrogens (tertiary/aromatic N) is 2. The zero-order valence-electron chi connectivity index (χ0n) is 21.1. The van der Waals surface area contributed by atoms with Crippen molar-refractivity contribution in [1.29, 1.82) is 5.26 Å². The fourth-order valence-corrected chi connectivity index (χ4v) is 3.82. The van der Waals surface area contributed by atoms with Crippen LogP contribution in [-0.2, 0) is 4.79 Å². The molecule has 32 heavy (non-hydrogen) atoms. The number of ketones is 1. The molecule has 0 spiro atoms. The van der Waals surface area contributed by atoms with Gasteiger partial charge in [-0.15, -0.1) is 9.24 Å². The molecule has 3 rings (SSSR count). The van der Waals surface area contributed by atoms with Crippen LogP contribution in [0.4, 0.5) is 10.1 Å². The molecular weight excluding hydrogens is 418 g/mol. The Kier molecular flexibility index (Phi) is 11.7. The lowest BCUT2D eigenvalue weighted by Gasteiger charge is -2.22. The highest BCUT2D eigenvalue weighted by Crippen LogP contribution is 2.47. The van der Waals surface area contributed by atoms with Gasteiger partial charge in [-0.2, -0.15) is 5.26 Å². The quantitative estimate of drug-likeness (QED) is 0.324. The number of hydrogen-bond donors (Lipinski definition) is 0. The number of hydrogen-bond acceptors (Lipinski definition) is 3. The molecule has 5 heteroatoms. The Bertz CT molecular complexity index is 846. The summed E-state index contributed by atoms with van der Waals surface area (Å²) in [5, 5.41) is 9.53. The topological polar surface area (TPSA) is 53.2 Å². The molecule has 1 aromatic carbocycles. The average Bonchev–Trinajstić information content (AvgIpc) is 3.58. The predicted octanol–water partition coefficient (Wildman–Crippen LogP) is 7.61. The number of carbonyl (C=O) groups is 1. The van der Waals surface area contributed by atoms with Crippen LogP contribution < -0.4 is 5.30 Å². The molecule has 2 aliphatic carbocycles. The van der Waals surface area contributed by atoms with Crippen molar-refractivity contribution in [3.63, 3.8) is 0 Å². The minimum atomic E-state index is -0.437. The minimum Gasteiger partial charge on any atom is -0.300 e. The van der Waals surface area contributed by atoms with Gasteiger partial charge in [0.1, 0.15) is 17.3 Å². The lowest BCUT2D eigenvalue weighted by Crippen LogP contribution is -2.18. The van der Waals surface area contributed by atoms with E-state index in [9.17, 15) is 9.18 Å². The molecule has 2 saturated carbocycles. The number of halogens is 1. The van der Waals surface area contributed by atoms with Gasteiger partial charge in [0.25, 0.3) is 0 Å². The number of benzene rings is 1. The average molecular weight is 461 g/mol. The van der Waals surface area contributed by atoms with Gasteiger partial charge >= 0.3 is 0 Å². The van der Waals surface area contributed by atoms with E-state index in [0.717, 1.165) is 30.4 Å². The second-order valence-electron chi connectivity index (χ2n) is 9.97. The van der Waals surface area contributed by atoms with Gasteiger partial charge in [0, 0.05) is 18.6 Å². The van der Waals surface area contributed by atoms with Crippen molar-refractivity contribution in [1.82, 2.24) is 0 Å². The van der Waals surface area contributed by atoms with Crippen LogP contribution >= 0.6 is 9.24 Å². The molecular formula is C27H42FN2OP. The number of Topliss-reactive ketones (excluding diaryl/α,β-unsaturated/α-hetero) is 1. The van der Waals surface area contributed by atoms with Crippen LogP contribution in [0.2, 0.25) is 0 Å². The summed E-state index contributed by atoms with van der Waals surface area (Å²) in [6, 6.07) is 3.20. The number of aliphatic imine (C=N–C) groups is 1. The van der Waals surface area contributed by atoms with Crippen LogP contribution in [-0.4, -0.2) is 11.5 Å². The molecule has 0 N–H and O–H groups in total. The molecule has 1 aromatic rings. The van der Waals surface area contributed by atoms with Crippen molar-refractivity contribution >= 4 is 31.7 Å². The van der Waals surface area contributed by atoms with Gasteiger partial charge in [0.05, 0.1) is 11.6 Å². The summed E-state index contributed by atoms with van der Waals surface area (Å²) in [5.74, 6) is 1.88. The maximum atomic E-state index is 13.7. The van der Waals surface area contributed by atoms with E-state index in [1.54, 1.807) is 6.92 Å². The van der Waals surface area contributed by atoms with Crippen LogP contribution in [0.15, 0.2) is 11.1 Å². The summed E-state index contributed by atoms with van der Waals surface area (Å²) in [6.45, 7) is 14.3. The Labute approximate surface area is 197 Å². The van der Waals surface area contributed by atoms with Gasteiger partial charge in [-0.3, -0.25) is 9.79 Å². The molecule has 178 valence electrons. The Hall–Kier alpha value is -1.59. The third-order valence-corrected chi connectivity index (χ3v) is 7.35. The number of nitriles is 1. The first-order valence-electron chi connectivity index (χ1n) is 12.0. The maximum absolute atomic E-state index is 13.7. The molecule has 0 amide bonds. The van der Waals surface area contributed by atoms with Crippen molar-refractivity contribution in [2.24, 2.45) is 22.2 Å². The highest BCUT2D eigenvalue weighted by molar-refractivity contribution is 7.27. The second-order valence-corrected chi connectivity index (χ2v) is 10.6. The first-order valence-corrected chi connectivity index (χ1v) is 12.6. The highest BCUT2D eigenvalue weighted by atomic mass is 31.0. The Morgan fingerprint density at radius 1 is 1.25 bits per heavy atom. The number of carbonyl (C=O) groups excluding carboxylic acids is 1. The first-order chi connectivity index (χ1) is 15.0. The van der Waals surface area contributed by atoms with E-state index in [4.69, 9.17) is 5.26 Å². The molecule has 0 heterocycles. The van der Waals surface area contributed by atoms with Crippen molar-refractivity contribution in [2.45, 2.75) is 99.8 Å². The highest BCUT2D eigenvalue weighted by Gasteiger charge is 2.38. The van der Waals surface area contributed by atoms with Crippen LogP contribution in [0.25, 0.3) is 0 Å². The second kappa shape index (κ2) is 13.2. The molecule has 0 aliphatic heterocycles. The SMILES string of the molecule is CC1CCC1.CCC(=O)CC(C)(C)C1CC1.CCC(C)=Nc1c(F)cc(C#N)c(P)c1C. The molecule has 3 nitrogen and oxygen atoms in total. The van der Waals surface area contributed by atoms with Gasteiger partial charge in [0.2, 0.25) is 0 Å². The normalized spacial score (nSPS) is 16.1. The Morgan fingerprint density at radius 2 is 1.81 bits per heavy atom. The largest absolute Gasteiger partial charge is 0.300 e. The van der Waals surface area contributed by atoms with Crippen molar-refractivity contribution in [3.8, 4) is 6.07 Å². The van der Waals surface area contributed by atoms with Crippen molar-refractivity contribution in [2.75, 3.05) is 0 Å². The van der Waals surface area contributed by atoms with E-state index in [2.05, 4.69) is 35.0 Å². The zero-order valence-corrected chi connectivity index (χ0v) is 22.3. The Balaban J connectivity index is 0.000000273. The minimum absolute atomic E-state index is 0.285. The molecule has 0 saturated heterocycles. The zero-order chi connectivity index (χ0) is 24.5. The fourth-order valence-electron chi connectivity index (χ4n) is 3.54. The Morgan fingerprint density at radius 3 is 2.19 bits per heavy atom. The summed E-state index contributed by atoms with van der Waals surface area (Å²) in [4.78, 5) is 15.4. The predicted molar refractivity (Wildman–Crippen MR) is 138 cm³/mol. The van der Waals surface area contributed by atoms with Gasteiger partial charge in [-0.25, -0.2) is 4.39 Å². The lowest BCUT2D eigenvalue weighted by molar-refractivity contribution is -0.120. The smallest absolute Gasteiger partial charge is 0.150 e. The standard InChI is InChI=1S/C12H14FN2P.C10H18O.C5H10/c1-4-7(2)15-11-8(3)12(16)9(6-14)5-10(11)13;1-4-9(11)7-10(2,3)8-5-6-8;1-5-3-2-4-5/h5H,4,16H2,1-3H3;8H,4-7H2,1-3H3;5H,2-4H2,1H3. The lowest BCUT2D eigenvalue weighted by atomic mass is 9.82. The molecule has 1 unspecified atom stereocenters. The summed E-state index contributed by atoms with van der Waals surface area (Å²) >= 11 is 0. The summed E-state index contributed by atoms with van der Waals surface area (Å²) in [7, 11) is 2.46. The van der Waals surface area contributed by atoms with E-state index in [1.807, 2.05) is 26.8 Å². The van der Waals surface area contributed by atoms with Gasteiger partial charge in [-0.05, 0) is 67.3 Å². The number of rotatable bonds is 6. The van der Waals surface area contributed by atoms with Crippen LogP contribution in [0.1, 0.15) is 104 Å². The molecule has 0 bridgehead atoms. The summed E-state index contributed by atoms with van der Waals surface area (Å²) in [5.41, 5.74) is 2.54. The van der Waals surface area contributed by atoms with E-state index >= 15 is 0 Å². The first kappa shape index (κ1) is 28.4. The third kappa shape index (κ3) is 9.11. The summed E-state index contributed by atoms with van der Waals surface area (Å²) < 4.78 is 13.7. The molecule has 1 atom stereocenters. The summed E-state index contributed by atoms with van der Waals surface area (Å²) in [6.07, 6.45) is 9.41. The molecule has 0 radical (unpaired) electrons. The fraction of sp³-hybridized carbons (Fsp3) is 0.667. The van der Waals surface area contributed by atoms with Crippen LogP contribution in [0.5, 0.6) is 0 Å². The molecule has 2 fully saturated rings.